The Bertz CT molecular complexity index is 537. The Morgan fingerprint density at radius 1 is 1.37 bits per heavy atom. The highest BCUT2D eigenvalue weighted by Gasteiger charge is 2.06. The van der Waals surface area contributed by atoms with Crippen molar-refractivity contribution in [2.24, 2.45) is 0 Å². The molecule has 1 aromatic heterocycles. The Morgan fingerprint density at radius 2 is 2.21 bits per heavy atom. The number of para-hydroxylation sites is 1. The van der Waals surface area contributed by atoms with Gasteiger partial charge in [0.15, 0.2) is 11.5 Å². The first-order chi connectivity index (χ1) is 9.24. The summed E-state index contributed by atoms with van der Waals surface area (Å²) in [5.41, 5.74) is 1.95. The van der Waals surface area contributed by atoms with E-state index in [-0.39, 0.29) is 5.75 Å². The van der Waals surface area contributed by atoms with Gasteiger partial charge in [0.05, 0.1) is 13.3 Å². The van der Waals surface area contributed by atoms with Crippen LogP contribution in [0, 0.1) is 0 Å². The summed E-state index contributed by atoms with van der Waals surface area (Å²) < 4.78 is 6.97. The lowest BCUT2D eigenvalue weighted by molar-refractivity contribution is 0.369. The minimum Gasteiger partial charge on any atom is -0.504 e. The highest BCUT2D eigenvalue weighted by Crippen LogP contribution is 2.29. The van der Waals surface area contributed by atoms with Crippen LogP contribution in [0.15, 0.2) is 30.6 Å². The van der Waals surface area contributed by atoms with Crippen LogP contribution in [0.3, 0.4) is 0 Å². The lowest BCUT2D eigenvalue weighted by atomic mass is 10.2. The maximum Gasteiger partial charge on any atom is 0.162 e. The number of aryl methyl sites for hydroxylation is 1. The number of aromatic hydroxyl groups is 1. The van der Waals surface area contributed by atoms with Crippen molar-refractivity contribution in [1.82, 2.24) is 15.1 Å². The van der Waals surface area contributed by atoms with Gasteiger partial charge in [-0.25, -0.2) is 0 Å². The molecule has 0 radical (unpaired) electrons. The molecule has 0 aliphatic heterocycles. The van der Waals surface area contributed by atoms with Gasteiger partial charge in [-0.3, -0.25) is 4.68 Å². The fourth-order valence-corrected chi connectivity index (χ4v) is 1.89. The second-order valence-corrected chi connectivity index (χ2v) is 4.28. The predicted octanol–water partition coefficient (Wildman–Crippen LogP) is 1.91. The second-order valence-electron chi connectivity index (χ2n) is 4.28. The Kier molecular flexibility index (Phi) is 4.41. The van der Waals surface area contributed by atoms with Gasteiger partial charge in [-0.05, 0) is 13.0 Å². The molecule has 0 spiro atoms. The van der Waals surface area contributed by atoms with Crippen LogP contribution in [0.25, 0.3) is 0 Å². The molecule has 0 saturated heterocycles. The maximum absolute atomic E-state index is 9.95. The van der Waals surface area contributed by atoms with Gasteiger partial charge in [0.1, 0.15) is 0 Å². The zero-order valence-corrected chi connectivity index (χ0v) is 11.3. The van der Waals surface area contributed by atoms with E-state index in [2.05, 4.69) is 17.3 Å². The molecule has 0 aliphatic rings. The molecule has 5 nitrogen and oxygen atoms in total. The number of ether oxygens (including phenoxy) is 1. The Morgan fingerprint density at radius 3 is 2.89 bits per heavy atom. The normalized spacial score (nSPS) is 10.6. The van der Waals surface area contributed by atoms with Crippen LogP contribution in [0.5, 0.6) is 11.5 Å². The molecule has 2 aromatic rings. The van der Waals surface area contributed by atoms with Crippen molar-refractivity contribution < 1.29 is 9.84 Å². The molecular weight excluding hydrogens is 242 g/mol. The molecule has 102 valence electrons. The van der Waals surface area contributed by atoms with Gasteiger partial charge in [-0.2, -0.15) is 5.10 Å². The summed E-state index contributed by atoms with van der Waals surface area (Å²) in [5, 5.41) is 17.4. The maximum atomic E-state index is 9.95. The van der Waals surface area contributed by atoms with E-state index in [1.165, 1.54) is 0 Å². The van der Waals surface area contributed by atoms with E-state index in [1.807, 2.05) is 29.2 Å². The van der Waals surface area contributed by atoms with E-state index in [0.717, 1.165) is 24.2 Å². The van der Waals surface area contributed by atoms with E-state index in [0.29, 0.717) is 12.3 Å². The molecule has 2 N–H and O–H groups in total. The number of methoxy groups -OCH3 is 1. The van der Waals surface area contributed by atoms with Crippen LogP contribution in [0.2, 0.25) is 0 Å². The summed E-state index contributed by atoms with van der Waals surface area (Å²) in [7, 11) is 1.55. The van der Waals surface area contributed by atoms with Crippen LogP contribution in [0.4, 0.5) is 0 Å². The van der Waals surface area contributed by atoms with E-state index < -0.39 is 0 Å². The molecule has 0 saturated carbocycles. The minimum absolute atomic E-state index is 0.196. The van der Waals surface area contributed by atoms with E-state index in [9.17, 15) is 5.11 Å². The number of nitrogens with zero attached hydrogens (tertiary/aromatic N) is 2. The van der Waals surface area contributed by atoms with Crippen molar-refractivity contribution in [3.63, 3.8) is 0 Å². The predicted molar refractivity (Wildman–Crippen MR) is 73.1 cm³/mol. The lowest BCUT2D eigenvalue weighted by Crippen LogP contribution is -2.12. The van der Waals surface area contributed by atoms with Crippen molar-refractivity contribution in [3.05, 3.63) is 41.7 Å². The first kappa shape index (κ1) is 13.4. The van der Waals surface area contributed by atoms with Gasteiger partial charge in [0.25, 0.3) is 0 Å². The molecular formula is C14H19N3O2. The summed E-state index contributed by atoms with van der Waals surface area (Å²) in [6, 6.07) is 5.48. The average molecular weight is 261 g/mol. The largest absolute Gasteiger partial charge is 0.504 e. The topological polar surface area (TPSA) is 59.3 Å². The van der Waals surface area contributed by atoms with Gasteiger partial charge in [0.2, 0.25) is 0 Å². The van der Waals surface area contributed by atoms with E-state index in [1.54, 1.807) is 13.2 Å². The monoisotopic (exact) mass is 261 g/mol. The molecule has 19 heavy (non-hydrogen) atoms. The second kappa shape index (κ2) is 6.24. The molecule has 0 amide bonds. The van der Waals surface area contributed by atoms with Crippen molar-refractivity contribution >= 4 is 0 Å². The number of phenols is 1. The number of benzene rings is 1. The molecule has 0 fully saturated rings. The highest BCUT2D eigenvalue weighted by molar-refractivity contribution is 5.45. The SMILES string of the molecule is CCn1cc(CNCc2cccc(OC)c2O)cn1. The standard InChI is InChI=1S/C14H19N3O2/c1-3-17-10-11(8-16-17)7-15-9-12-5-4-6-13(19-2)14(12)18/h4-6,8,10,15,18H,3,7,9H2,1-2H3. The van der Waals surface area contributed by atoms with Crippen molar-refractivity contribution in [2.75, 3.05) is 7.11 Å². The van der Waals surface area contributed by atoms with Gasteiger partial charge in [-0.15, -0.1) is 0 Å². The van der Waals surface area contributed by atoms with Crippen LogP contribution >= 0.6 is 0 Å². The lowest BCUT2D eigenvalue weighted by Gasteiger charge is -2.09. The van der Waals surface area contributed by atoms with Crippen LogP contribution in [-0.2, 0) is 19.6 Å². The molecule has 2 rings (SSSR count). The number of hydrogen-bond acceptors (Lipinski definition) is 4. The van der Waals surface area contributed by atoms with Gasteiger partial charge in [0, 0.05) is 37.0 Å². The third-order valence-corrected chi connectivity index (χ3v) is 2.96. The van der Waals surface area contributed by atoms with Crippen molar-refractivity contribution in [2.45, 2.75) is 26.6 Å². The van der Waals surface area contributed by atoms with Gasteiger partial charge in [-0.1, -0.05) is 12.1 Å². The van der Waals surface area contributed by atoms with Crippen molar-refractivity contribution in [3.8, 4) is 11.5 Å². The summed E-state index contributed by atoms with van der Waals surface area (Å²) in [6.07, 6.45) is 3.86. The number of hydrogen-bond donors (Lipinski definition) is 2. The quantitative estimate of drug-likeness (QED) is 0.834. The van der Waals surface area contributed by atoms with E-state index in [4.69, 9.17) is 4.74 Å². The zero-order valence-electron chi connectivity index (χ0n) is 11.3. The van der Waals surface area contributed by atoms with Crippen LogP contribution in [0.1, 0.15) is 18.1 Å². The van der Waals surface area contributed by atoms with Crippen molar-refractivity contribution in [1.29, 1.82) is 0 Å². The third-order valence-electron chi connectivity index (χ3n) is 2.96. The molecule has 0 aliphatic carbocycles. The number of phenolic OH excluding ortho intramolecular Hbond substituents is 1. The fraction of sp³-hybridized carbons (Fsp3) is 0.357. The average Bonchev–Trinajstić information content (AvgIpc) is 2.89. The van der Waals surface area contributed by atoms with Gasteiger partial charge < -0.3 is 15.2 Å². The van der Waals surface area contributed by atoms with Crippen LogP contribution < -0.4 is 10.1 Å². The fourth-order valence-electron chi connectivity index (χ4n) is 1.89. The smallest absolute Gasteiger partial charge is 0.162 e. The van der Waals surface area contributed by atoms with E-state index >= 15 is 0 Å². The third kappa shape index (κ3) is 3.26. The number of nitrogens with one attached hydrogen (secondary N) is 1. The van der Waals surface area contributed by atoms with Crippen LogP contribution in [-0.4, -0.2) is 22.0 Å². The first-order valence-electron chi connectivity index (χ1n) is 6.31. The Balaban J connectivity index is 1.92. The summed E-state index contributed by atoms with van der Waals surface area (Å²) in [4.78, 5) is 0. The highest BCUT2D eigenvalue weighted by atomic mass is 16.5. The Hall–Kier alpha value is -2.01. The summed E-state index contributed by atoms with van der Waals surface area (Å²) >= 11 is 0. The zero-order chi connectivity index (χ0) is 13.7. The molecule has 0 atom stereocenters. The number of rotatable bonds is 6. The first-order valence-corrected chi connectivity index (χ1v) is 6.31. The minimum atomic E-state index is 0.196. The summed E-state index contributed by atoms with van der Waals surface area (Å²) in [5.74, 6) is 0.694. The Labute approximate surface area is 112 Å². The molecule has 5 heteroatoms. The molecule has 0 unspecified atom stereocenters. The molecule has 1 heterocycles. The molecule has 0 bridgehead atoms. The number of aromatic nitrogens is 2. The van der Waals surface area contributed by atoms with Gasteiger partial charge >= 0.3 is 0 Å². The summed E-state index contributed by atoms with van der Waals surface area (Å²) in [6.45, 7) is 4.23. The molecule has 1 aromatic carbocycles.